The van der Waals surface area contributed by atoms with Gasteiger partial charge in [0.2, 0.25) is 0 Å². The molecule has 1 heterocycles. The Bertz CT molecular complexity index is 1620. The molecule has 1 saturated heterocycles. The van der Waals surface area contributed by atoms with Crippen LogP contribution >= 0.6 is 0 Å². The third-order valence-electron chi connectivity index (χ3n) is 17.9. The van der Waals surface area contributed by atoms with Crippen molar-refractivity contribution in [2.75, 3.05) is 44.4 Å². The Morgan fingerprint density at radius 1 is 0.942 bits per heavy atom. The first-order valence-corrected chi connectivity index (χ1v) is 22.7. The second-order valence-electron chi connectivity index (χ2n) is 20.3. The topological polar surface area (TPSA) is 86.7 Å². The lowest BCUT2D eigenvalue weighted by Crippen LogP contribution is -2.68. The zero-order valence-corrected chi connectivity index (χ0v) is 34.1. The highest BCUT2D eigenvalue weighted by Crippen LogP contribution is 2.76. The summed E-state index contributed by atoms with van der Waals surface area (Å²) in [5.41, 5.74) is 3.59. The SMILES string of the molecule is C=C(C)[C@@H]1CC[C@]2(NCCN3CCCS(=O)(=O)CC3)CC[C@]3(C)[C@H](CC[C@@H]4[C@@]5(C)CC=C(C6=CC[C@](CF)(C(=O)O)CC6)C(C)(C)C5CC[C@]43C)C12. The molecule has 0 spiro atoms. The average molecular weight is 741 g/mol. The van der Waals surface area contributed by atoms with Crippen molar-refractivity contribution in [3.05, 3.63) is 35.5 Å². The van der Waals surface area contributed by atoms with Crippen molar-refractivity contribution in [3.8, 4) is 0 Å². The van der Waals surface area contributed by atoms with Crippen LogP contribution in [0.4, 0.5) is 4.39 Å². The zero-order chi connectivity index (χ0) is 37.5. The number of halogens is 1. The van der Waals surface area contributed by atoms with Gasteiger partial charge in [0.05, 0.1) is 16.9 Å². The molecule has 0 aromatic rings. The van der Waals surface area contributed by atoms with Crippen LogP contribution in [0.25, 0.3) is 0 Å². The highest BCUT2D eigenvalue weighted by atomic mass is 32.2. The Kier molecular flexibility index (Phi) is 9.92. The number of aliphatic carboxylic acids is 1. The number of carboxylic acid groups (broad SMARTS) is 1. The van der Waals surface area contributed by atoms with Crippen molar-refractivity contribution >= 4 is 15.8 Å². The van der Waals surface area contributed by atoms with Gasteiger partial charge >= 0.3 is 5.97 Å². The van der Waals surface area contributed by atoms with E-state index >= 15 is 0 Å². The molecule has 2 N–H and O–H groups in total. The molecule has 7 rings (SSSR count). The maximum atomic E-state index is 14.0. The van der Waals surface area contributed by atoms with Crippen molar-refractivity contribution in [2.24, 2.45) is 56.7 Å². The fourth-order valence-electron chi connectivity index (χ4n) is 14.8. The van der Waals surface area contributed by atoms with Crippen LogP contribution in [0.2, 0.25) is 0 Å². The van der Waals surface area contributed by atoms with Crippen LogP contribution in [0.1, 0.15) is 125 Å². The summed E-state index contributed by atoms with van der Waals surface area (Å²) in [6.07, 6.45) is 17.7. The van der Waals surface area contributed by atoms with Gasteiger partial charge in [-0.2, -0.15) is 0 Å². The second kappa shape index (κ2) is 13.3. The van der Waals surface area contributed by atoms with Crippen molar-refractivity contribution in [1.29, 1.82) is 0 Å². The molecule has 52 heavy (non-hydrogen) atoms. The van der Waals surface area contributed by atoms with Gasteiger partial charge in [-0.25, -0.2) is 12.8 Å². The van der Waals surface area contributed by atoms with E-state index in [1.165, 1.54) is 68.1 Å². The standard InChI is InChI=1S/C44H69FN2O4S/c1-30(2)32-13-20-44(46-23-25-47-24-8-27-52(50,51)28-26-47)22-21-41(6)34(37(32)44)9-10-36-40(5)16-14-33(39(3,4)35(40)15-17-42(36,41)7)31-11-18-43(29-45,19-12-31)38(48)49/h11,14,32,34-37,46H,1,8-10,12-13,15-29H2,2-7H3,(H,48,49)/t32-,34+,35?,36+,37?,40-,41+,42+,43-,44-/m0/s1. The zero-order valence-electron chi connectivity index (χ0n) is 33.3. The minimum atomic E-state index is -2.91. The van der Waals surface area contributed by atoms with E-state index in [1.54, 1.807) is 0 Å². The predicted molar refractivity (Wildman–Crippen MR) is 208 cm³/mol. The van der Waals surface area contributed by atoms with Crippen molar-refractivity contribution in [1.82, 2.24) is 10.2 Å². The summed E-state index contributed by atoms with van der Waals surface area (Å²) < 4.78 is 38.5. The van der Waals surface area contributed by atoms with Gasteiger partial charge in [0, 0.05) is 25.2 Å². The Labute approximate surface area is 314 Å². The lowest BCUT2D eigenvalue weighted by Gasteiger charge is -2.72. The predicted octanol–water partition coefficient (Wildman–Crippen LogP) is 8.79. The largest absolute Gasteiger partial charge is 0.481 e. The first kappa shape index (κ1) is 38.8. The number of alkyl halides is 1. The molecule has 6 aliphatic carbocycles. The number of carboxylic acids is 1. The van der Waals surface area contributed by atoms with Crippen LogP contribution in [-0.4, -0.2) is 74.3 Å². The molecule has 0 amide bonds. The van der Waals surface area contributed by atoms with Crippen molar-refractivity contribution in [3.63, 3.8) is 0 Å². The lowest BCUT2D eigenvalue weighted by atomic mass is 9.33. The lowest BCUT2D eigenvalue weighted by molar-refractivity contribution is -0.221. The first-order chi connectivity index (χ1) is 24.4. The molecular weight excluding hydrogens is 672 g/mol. The Morgan fingerprint density at radius 2 is 1.71 bits per heavy atom. The second-order valence-corrected chi connectivity index (χ2v) is 22.6. The van der Waals surface area contributed by atoms with E-state index in [4.69, 9.17) is 0 Å². The minimum absolute atomic E-state index is 0.0173. The average Bonchev–Trinajstić information content (AvgIpc) is 3.38. The molecule has 4 saturated carbocycles. The van der Waals surface area contributed by atoms with Crippen LogP contribution in [0.3, 0.4) is 0 Å². The Morgan fingerprint density at radius 3 is 2.38 bits per heavy atom. The third-order valence-corrected chi connectivity index (χ3v) is 19.6. The molecule has 5 fully saturated rings. The summed E-state index contributed by atoms with van der Waals surface area (Å²) in [5.74, 6) is 2.61. The molecule has 2 unspecified atom stereocenters. The van der Waals surface area contributed by atoms with Gasteiger partial charge in [-0.3, -0.25) is 4.79 Å². The molecular formula is C44H69FN2O4S. The minimum Gasteiger partial charge on any atom is -0.481 e. The van der Waals surface area contributed by atoms with E-state index in [-0.39, 0.29) is 33.6 Å². The van der Waals surface area contributed by atoms with Crippen molar-refractivity contribution < 1.29 is 22.7 Å². The van der Waals surface area contributed by atoms with Gasteiger partial charge in [0.25, 0.3) is 0 Å². The van der Waals surface area contributed by atoms with Crippen LogP contribution in [0.15, 0.2) is 35.5 Å². The van der Waals surface area contributed by atoms with Gasteiger partial charge in [0.15, 0.2) is 9.84 Å². The normalized spacial score (nSPS) is 45.6. The third kappa shape index (κ3) is 5.87. The molecule has 0 bridgehead atoms. The first-order valence-electron chi connectivity index (χ1n) is 20.9. The van der Waals surface area contributed by atoms with E-state index in [9.17, 15) is 22.7 Å². The van der Waals surface area contributed by atoms with Crippen LogP contribution < -0.4 is 5.32 Å². The van der Waals surface area contributed by atoms with Gasteiger partial charge in [-0.15, -0.1) is 0 Å². The fraction of sp³-hybridized carbons (Fsp3) is 0.841. The molecule has 1 aliphatic heterocycles. The molecule has 0 radical (unpaired) electrons. The molecule has 0 aromatic carbocycles. The molecule has 6 nitrogen and oxygen atoms in total. The van der Waals surface area contributed by atoms with Crippen LogP contribution in [0, 0.1) is 56.7 Å². The van der Waals surface area contributed by atoms with Gasteiger partial charge in [-0.05, 0) is 159 Å². The number of nitrogens with zero attached hydrogens (tertiary/aromatic N) is 1. The number of hydrogen-bond acceptors (Lipinski definition) is 5. The number of carbonyl (C=O) groups is 1. The number of nitrogens with one attached hydrogen (secondary N) is 1. The number of rotatable bonds is 8. The maximum absolute atomic E-state index is 14.0. The molecule has 0 aromatic heterocycles. The summed E-state index contributed by atoms with van der Waals surface area (Å²) >= 11 is 0. The van der Waals surface area contributed by atoms with Crippen LogP contribution in [0.5, 0.6) is 0 Å². The number of hydrogen-bond donors (Lipinski definition) is 2. The molecule has 8 heteroatoms. The monoisotopic (exact) mass is 740 g/mol. The van der Waals surface area contributed by atoms with Gasteiger partial charge in [0.1, 0.15) is 6.67 Å². The fourth-order valence-corrected chi connectivity index (χ4v) is 16.1. The van der Waals surface area contributed by atoms with E-state index in [0.29, 0.717) is 60.5 Å². The Hall–Kier alpha value is -1.51. The van der Waals surface area contributed by atoms with E-state index in [0.717, 1.165) is 32.5 Å². The van der Waals surface area contributed by atoms with E-state index in [2.05, 4.69) is 70.5 Å². The Balaban J connectivity index is 1.13. The van der Waals surface area contributed by atoms with Crippen molar-refractivity contribution in [2.45, 2.75) is 131 Å². The van der Waals surface area contributed by atoms with E-state index < -0.39 is 27.9 Å². The summed E-state index contributed by atoms with van der Waals surface area (Å²) in [7, 11) is -2.91. The van der Waals surface area contributed by atoms with Gasteiger partial charge in [-0.1, -0.05) is 58.9 Å². The summed E-state index contributed by atoms with van der Waals surface area (Å²) in [6, 6.07) is 0. The maximum Gasteiger partial charge on any atom is 0.312 e. The number of sulfone groups is 1. The van der Waals surface area contributed by atoms with E-state index in [1.807, 2.05) is 0 Å². The molecule has 292 valence electrons. The summed E-state index contributed by atoms with van der Waals surface area (Å²) in [6.45, 7) is 22.4. The number of allylic oxidation sites excluding steroid dienone is 5. The quantitative estimate of drug-likeness (QED) is 0.242. The summed E-state index contributed by atoms with van der Waals surface area (Å²) in [5, 5.41) is 14.0. The number of fused-ring (bicyclic) bond motifs is 7. The highest BCUT2D eigenvalue weighted by molar-refractivity contribution is 7.91. The highest BCUT2D eigenvalue weighted by Gasteiger charge is 2.70. The van der Waals surface area contributed by atoms with Gasteiger partial charge < -0.3 is 15.3 Å². The molecule has 7 aliphatic rings. The smallest absolute Gasteiger partial charge is 0.312 e. The van der Waals surface area contributed by atoms with Crippen LogP contribution in [-0.2, 0) is 14.6 Å². The molecule has 10 atom stereocenters. The summed E-state index contributed by atoms with van der Waals surface area (Å²) in [4.78, 5) is 14.4.